The molecule has 1 aromatic heterocycles. The molecule has 0 spiro atoms. The fourth-order valence-electron chi connectivity index (χ4n) is 3.02. The number of aromatic nitrogens is 1. The van der Waals surface area contributed by atoms with Gasteiger partial charge in [0, 0.05) is 23.1 Å². The molecule has 28 heavy (non-hydrogen) atoms. The molecule has 0 saturated heterocycles. The van der Waals surface area contributed by atoms with E-state index in [1.54, 1.807) is 18.2 Å². The summed E-state index contributed by atoms with van der Waals surface area (Å²) < 4.78 is 11.0. The average molecular weight is 394 g/mol. The molecule has 0 atom stereocenters. The van der Waals surface area contributed by atoms with Gasteiger partial charge in [-0.05, 0) is 35.2 Å². The first-order chi connectivity index (χ1) is 13.6. The lowest BCUT2D eigenvalue weighted by atomic mass is 10.0. The number of hydrogen-bond acceptors (Lipinski definition) is 5. The number of ether oxygens (including phenoxy) is 2. The number of carbonyl (C=O) groups excluding carboxylic acids is 1. The third-order valence-corrected chi connectivity index (χ3v) is 5.52. The molecular weight excluding hydrogens is 372 g/mol. The lowest BCUT2D eigenvalue weighted by Crippen LogP contribution is -2.17. The zero-order valence-corrected chi connectivity index (χ0v) is 16.7. The molecule has 144 valence electrons. The number of thiazole rings is 1. The second kappa shape index (κ2) is 8.02. The van der Waals surface area contributed by atoms with Crippen LogP contribution < -0.4 is 14.8 Å². The Morgan fingerprint density at radius 3 is 2.61 bits per heavy atom. The van der Waals surface area contributed by atoms with Crippen LogP contribution in [-0.2, 0) is 6.42 Å². The van der Waals surface area contributed by atoms with Crippen molar-refractivity contribution in [2.75, 3.05) is 18.5 Å². The van der Waals surface area contributed by atoms with Gasteiger partial charge >= 0.3 is 0 Å². The standard InChI is InChI=1S/C22H22N2O3S/c1-14(2)16-5-3-15(4-6-16)11-18-13-23-22(28-18)24-21(25)17-7-8-19-20(12-17)27-10-9-26-19/h3-8,12-14H,9-11H2,1-2H3,(H,23,24,25). The van der Waals surface area contributed by atoms with Crippen molar-refractivity contribution in [3.63, 3.8) is 0 Å². The first-order valence-corrected chi connectivity index (χ1v) is 10.1. The number of nitrogens with one attached hydrogen (secondary N) is 1. The smallest absolute Gasteiger partial charge is 0.257 e. The van der Waals surface area contributed by atoms with Gasteiger partial charge in [-0.2, -0.15) is 0 Å². The van der Waals surface area contributed by atoms with Gasteiger partial charge in [0.1, 0.15) is 13.2 Å². The van der Waals surface area contributed by atoms with E-state index in [0.29, 0.717) is 41.3 Å². The number of amides is 1. The highest BCUT2D eigenvalue weighted by Gasteiger charge is 2.16. The Hall–Kier alpha value is -2.86. The molecule has 1 amide bonds. The molecule has 1 aliphatic heterocycles. The number of nitrogens with zero attached hydrogens (tertiary/aromatic N) is 1. The van der Waals surface area contributed by atoms with E-state index in [4.69, 9.17) is 9.47 Å². The summed E-state index contributed by atoms with van der Waals surface area (Å²) in [7, 11) is 0. The molecule has 3 aromatic rings. The maximum Gasteiger partial charge on any atom is 0.257 e. The average Bonchev–Trinajstić information content (AvgIpc) is 3.14. The molecule has 0 fully saturated rings. The van der Waals surface area contributed by atoms with E-state index in [1.165, 1.54) is 22.5 Å². The monoisotopic (exact) mass is 394 g/mol. The second-order valence-electron chi connectivity index (χ2n) is 7.02. The van der Waals surface area contributed by atoms with Crippen molar-refractivity contribution in [1.82, 2.24) is 4.98 Å². The second-order valence-corrected chi connectivity index (χ2v) is 8.13. The van der Waals surface area contributed by atoms with Crippen molar-refractivity contribution in [1.29, 1.82) is 0 Å². The Kier molecular flexibility index (Phi) is 5.30. The minimum absolute atomic E-state index is 0.209. The third-order valence-electron chi connectivity index (χ3n) is 4.60. The van der Waals surface area contributed by atoms with E-state index in [0.717, 1.165) is 11.3 Å². The molecule has 4 rings (SSSR count). The zero-order chi connectivity index (χ0) is 19.5. The molecule has 1 N–H and O–H groups in total. The van der Waals surface area contributed by atoms with Crippen LogP contribution in [0.4, 0.5) is 5.13 Å². The van der Waals surface area contributed by atoms with E-state index in [-0.39, 0.29) is 5.91 Å². The molecule has 0 radical (unpaired) electrons. The summed E-state index contributed by atoms with van der Waals surface area (Å²) in [6, 6.07) is 13.8. The molecule has 5 nitrogen and oxygen atoms in total. The van der Waals surface area contributed by atoms with E-state index in [9.17, 15) is 4.79 Å². The molecule has 0 bridgehead atoms. The van der Waals surface area contributed by atoms with Crippen LogP contribution >= 0.6 is 11.3 Å². The van der Waals surface area contributed by atoms with Crippen LogP contribution in [0.3, 0.4) is 0 Å². The van der Waals surface area contributed by atoms with Gasteiger partial charge in [0.05, 0.1) is 0 Å². The lowest BCUT2D eigenvalue weighted by molar-refractivity contribution is 0.102. The first-order valence-electron chi connectivity index (χ1n) is 9.33. The van der Waals surface area contributed by atoms with Crippen LogP contribution in [0.2, 0.25) is 0 Å². The number of carbonyl (C=O) groups is 1. The van der Waals surface area contributed by atoms with E-state index in [1.807, 2.05) is 6.20 Å². The van der Waals surface area contributed by atoms with Crippen molar-refractivity contribution in [2.45, 2.75) is 26.2 Å². The number of hydrogen-bond donors (Lipinski definition) is 1. The number of benzene rings is 2. The van der Waals surface area contributed by atoms with Crippen LogP contribution in [0.15, 0.2) is 48.7 Å². The maximum absolute atomic E-state index is 12.5. The maximum atomic E-state index is 12.5. The van der Waals surface area contributed by atoms with Gasteiger partial charge in [-0.25, -0.2) is 4.98 Å². The Morgan fingerprint density at radius 1 is 1.11 bits per heavy atom. The van der Waals surface area contributed by atoms with Crippen molar-refractivity contribution in [3.05, 3.63) is 70.2 Å². The topological polar surface area (TPSA) is 60.5 Å². The lowest BCUT2D eigenvalue weighted by Gasteiger charge is -2.18. The quantitative estimate of drug-likeness (QED) is 0.670. The van der Waals surface area contributed by atoms with Gasteiger partial charge in [-0.1, -0.05) is 38.1 Å². The van der Waals surface area contributed by atoms with Gasteiger partial charge in [0.15, 0.2) is 16.6 Å². The summed E-state index contributed by atoms with van der Waals surface area (Å²) in [5.74, 6) is 1.59. The number of fused-ring (bicyclic) bond motifs is 1. The van der Waals surface area contributed by atoms with Crippen LogP contribution in [0, 0.1) is 0 Å². The Balaban J connectivity index is 1.41. The fourth-order valence-corrected chi connectivity index (χ4v) is 3.86. The number of anilines is 1. The predicted octanol–water partition coefficient (Wildman–Crippen LogP) is 4.88. The van der Waals surface area contributed by atoms with Crippen molar-refractivity contribution >= 4 is 22.4 Å². The van der Waals surface area contributed by atoms with Crippen molar-refractivity contribution in [2.24, 2.45) is 0 Å². The molecule has 0 aliphatic carbocycles. The first kappa shape index (κ1) is 18.5. The molecule has 0 saturated carbocycles. The van der Waals surface area contributed by atoms with Crippen LogP contribution in [0.5, 0.6) is 11.5 Å². The van der Waals surface area contributed by atoms with E-state index in [2.05, 4.69) is 48.4 Å². The van der Waals surface area contributed by atoms with Gasteiger partial charge in [0.2, 0.25) is 0 Å². The number of rotatable bonds is 5. The Morgan fingerprint density at radius 2 is 1.86 bits per heavy atom. The van der Waals surface area contributed by atoms with Crippen LogP contribution in [0.1, 0.15) is 46.1 Å². The van der Waals surface area contributed by atoms with E-state index < -0.39 is 0 Å². The minimum Gasteiger partial charge on any atom is -0.486 e. The molecule has 0 unspecified atom stereocenters. The summed E-state index contributed by atoms with van der Waals surface area (Å²) in [4.78, 5) is 18.0. The largest absolute Gasteiger partial charge is 0.486 e. The summed E-state index contributed by atoms with van der Waals surface area (Å²) in [6.45, 7) is 5.40. The molecule has 1 aliphatic rings. The Labute approximate surface area is 168 Å². The fraction of sp³-hybridized carbons (Fsp3) is 0.273. The molecule has 6 heteroatoms. The van der Waals surface area contributed by atoms with Crippen LogP contribution in [-0.4, -0.2) is 24.1 Å². The minimum atomic E-state index is -0.209. The molecular formula is C22H22N2O3S. The van der Waals surface area contributed by atoms with Crippen molar-refractivity contribution in [3.8, 4) is 11.5 Å². The highest BCUT2D eigenvalue weighted by Crippen LogP contribution is 2.31. The summed E-state index contributed by atoms with van der Waals surface area (Å²) in [6.07, 6.45) is 2.62. The molecule has 2 aromatic carbocycles. The highest BCUT2D eigenvalue weighted by molar-refractivity contribution is 7.15. The SMILES string of the molecule is CC(C)c1ccc(Cc2cnc(NC(=O)c3ccc4c(c3)OCCO4)s2)cc1. The summed E-state index contributed by atoms with van der Waals surface area (Å²) >= 11 is 1.49. The normalized spacial score (nSPS) is 12.8. The van der Waals surface area contributed by atoms with Crippen molar-refractivity contribution < 1.29 is 14.3 Å². The van der Waals surface area contributed by atoms with Gasteiger partial charge < -0.3 is 9.47 Å². The predicted molar refractivity (Wildman–Crippen MR) is 111 cm³/mol. The van der Waals surface area contributed by atoms with Gasteiger partial charge in [0.25, 0.3) is 5.91 Å². The molecule has 2 heterocycles. The Bertz CT molecular complexity index is 980. The van der Waals surface area contributed by atoms with Gasteiger partial charge in [-0.15, -0.1) is 11.3 Å². The highest BCUT2D eigenvalue weighted by atomic mass is 32.1. The van der Waals surface area contributed by atoms with E-state index >= 15 is 0 Å². The summed E-state index contributed by atoms with van der Waals surface area (Å²) in [5.41, 5.74) is 3.09. The zero-order valence-electron chi connectivity index (χ0n) is 15.9. The third kappa shape index (κ3) is 4.17. The van der Waals surface area contributed by atoms with Gasteiger partial charge in [-0.3, -0.25) is 10.1 Å². The summed E-state index contributed by atoms with van der Waals surface area (Å²) in [5, 5.41) is 3.46. The van der Waals surface area contributed by atoms with Crippen LogP contribution in [0.25, 0.3) is 0 Å².